The van der Waals surface area contributed by atoms with Crippen LogP contribution in [0.2, 0.25) is 0 Å². The summed E-state index contributed by atoms with van der Waals surface area (Å²) in [6.07, 6.45) is 6.95. The fourth-order valence-electron chi connectivity index (χ4n) is 5.62. The zero-order chi connectivity index (χ0) is 19.7. The summed E-state index contributed by atoms with van der Waals surface area (Å²) in [6, 6.07) is 5.84. The van der Waals surface area contributed by atoms with Gasteiger partial charge < -0.3 is 25.0 Å². The van der Waals surface area contributed by atoms with Gasteiger partial charge in [-0.3, -0.25) is 4.57 Å². The molecule has 5 rings (SSSR count). The van der Waals surface area contributed by atoms with Crippen molar-refractivity contribution in [1.82, 2.24) is 0 Å². The van der Waals surface area contributed by atoms with E-state index in [4.69, 9.17) is 15.2 Å². The summed E-state index contributed by atoms with van der Waals surface area (Å²) in [5.74, 6) is 3.37. The molecule has 7 heteroatoms. The minimum absolute atomic E-state index is 0.595. The lowest BCUT2D eigenvalue weighted by Gasteiger charge is -2.56. The first-order chi connectivity index (χ1) is 12.8. The molecule has 0 heterocycles. The fraction of sp³-hybridized carbons (Fsp3) is 0.700. The molecule has 0 amide bonds. The van der Waals surface area contributed by atoms with Crippen molar-refractivity contribution < 1.29 is 23.8 Å². The van der Waals surface area contributed by atoms with Gasteiger partial charge in [-0.25, -0.2) is 0 Å². The number of hydrogen-bond donors (Lipinski definition) is 3. The van der Waals surface area contributed by atoms with Gasteiger partial charge in [0.2, 0.25) is 0 Å². The lowest BCUT2D eigenvalue weighted by Crippen LogP contribution is -2.50. The maximum absolute atomic E-state index is 11.6. The van der Waals surface area contributed by atoms with E-state index in [2.05, 4.69) is 0 Å². The van der Waals surface area contributed by atoms with Gasteiger partial charge in [-0.2, -0.15) is 0 Å². The van der Waals surface area contributed by atoms with Crippen LogP contribution in [0.1, 0.15) is 44.1 Å². The Morgan fingerprint density at radius 2 is 1.56 bits per heavy atom. The molecule has 4 bridgehead atoms. The first-order valence-corrected chi connectivity index (χ1v) is 11.4. The molecule has 4 aliphatic carbocycles. The second kappa shape index (κ2) is 8.12. The molecule has 1 aromatic carbocycles. The van der Waals surface area contributed by atoms with Crippen LogP contribution in [0.25, 0.3) is 0 Å². The Hall–Kier alpha value is -1.07. The van der Waals surface area contributed by atoms with Crippen molar-refractivity contribution in [3.05, 3.63) is 23.8 Å². The number of ether oxygens (including phenoxy) is 2. The van der Waals surface area contributed by atoms with Crippen LogP contribution in [-0.4, -0.2) is 35.7 Å². The Kier molecular flexibility index (Phi) is 6.21. The number of rotatable bonds is 5. The van der Waals surface area contributed by atoms with E-state index >= 15 is 0 Å². The zero-order valence-corrected chi connectivity index (χ0v) is 17.2. The molecule has 0 saturated heterocycles. The van der Waals surface area contributed by atoms with Crippen molar-refractivity contribution in [2.75, 3.05) is 20.8 Å². The van der Waals surface area contributed by atoms with Crippen LogP contribution in [0.3, 0.4) is 0 Å². The van der Waals surface area contributed by atoms with Crippen molar-refractivity contribution in [1.29, 1.82) is 0 Å². The predicted molar refractivity (Wildman–Crippen MR) is 105 cm³/mol. The number of benzene rings is 1. The molecule has 6 nitrogen and oxygen atoms in total. The minimum atomic E-state index is -3.87. The van der Waals surface area contributed by atoms with E-state index < -0.39 is 12.8 Å². The van der Waals surface area contributed by atoms with Crippen molar-refractivity contribution in [3.8, 4) is 11.5 Å². The number of hydrogen-bond acceptors (Lipinski definition) is 4. The van der Waals surface area contributed by atoms with Gasteiger partial charge in [-0.15, -0.1) is 0 Å². The Morgan fingerprint density at radius 3 is 1.96 bits per heavy atom. The van der Waals surface area contributed by atoms with Crippen molar-refractivity contribution in [2.45, 2.75) is 50.1 Å². The van der Waals surface area contributed by atoms with Gasteiger partial charge in [-0.05, 0) is 86.9 Å². The minimum Gasteiger partial charge on any atom is -0.493 e. The van der Waals surface area contributed by atoms with Gasteiger partial charge in [0.05, 0.1) is 19.4 Å². The normalized spacial score (nSPS) is 31.2. The van der Waals surface area contributed by atoms with Crippen molar-refractivity contribution in [3.63, 3.8) is 0 Å². The van der Waals surface area contributed by atoms with Crippen LogP contribution in [0.5, 0.6) is 11.5 Å². The summed E-state index contributed by atoms with van der Waals surface area (Å²) in [7, 11) is -0.611. The van der Waals surface area contributed by atoms with E-state index in [0.717, 1.165) is 37.2 Å². The molecule has 27 heavy (non-hydrogen) atoms. The molecule has 152 valence electrons. The van der Waals surface area contributed by atoms with E-state index in [1.807, 2.05) is 18.2 Å². The highest BCUT2D eigenvalue weighted by molar-refractivity contribution is 7.53. The van der Waals surface area contributed by atoms with Crippen LogP contribution in [0.4, 0.5) is 0 Å². The highest BCUT2D eigenvalue weighted by Gasteiger charge is 2.58. The van der Waals surface area contributed by atoms with Gasteiger partial charge in [-0.1, -0.05) is 6.07 Å². The standard InChI is InChI=1S/C10H15NO2.C10H17O3P/c1-12-9-4-3-8(5-6-11)7-10(9)13-2;11-14(12,13)10-4-7-1-8(5-10)3-9(2-7)6-10/h3-4,7H,5-6,11H2,1-2H3;7-9H,1-6H2,(H2,11,12,13). The smallest absolute Gasteiger partial charge is 0.331 e. The van der Waals surface area contributed by atoms with Gasteiger partial charge in [0, 0.05) is 0 Å². The Labute approximate surface area is 161 Å². The first kappa shape index (κ1) is 20.7. The van der Waals surface area contributed by atoms with E-state index in [9.17, 15) is 14.4 Å². The summed E-state index contributed by atoms with van der Waals surface area (Å²) in [4.78, 5) is 19.0. The maximum Gasteiger partial charge on any atom is 0.331 e. The van der Waals surface area contributed by atoms with Crippen molar-refractivity contribution >= 4 is 7.60 Å². The third kappa shape index (κ3) is 4.34. The average Bonchev–Trinajstić information content (AvgIpc) is 2.60. The van der Waals surface area contributed by atoms with Crippen LogP contribution in [0, 0.1) is 17.8 Å². The number of methoxy groups -OCH3 is 2. The molecule has 4 saturated carbocycles. The third-order valence-electron chi connectivity index (χ3n) is 6.50. The molecule has 4 fully saturated rings. The molecule has 0 radical (unpaired) electrons. The summed E-state index contributed by atoms with van der Waals surface area (Å²) in [5, 5.41) is -0.595. The highest BCUT2D eigenvalue weighted by Crippen LogP contribution is 2.69. The Morgan fingerprint density at radius 1 is 1.04 bits per heavy atom. The lowest BCUT2D eigenvalue weighted by atomic mass is 9.56. The topological polar surface area (TPSA) is 102 Å². The van der Waals surface area contributed by atoms with E-state index in [1.165, 1.54) is 24.8 Å². The van der Waals surface area contributed by atoms with Crippen LogP contribution < -0.4 is 15.2 Å². The number of nitrogens with two attached hydrogens (primary N) is 1. The van der Waals surface area contributed by atoms with E-state index in [0.29, 0.717) is 24.3 Å². The molecule has 1 aromatic rings. The second-order valence-corrected chi connectivity index (χ2v) is 10.5. The van der Waals surface area contributed by atoms with Gasteiger partial charge in [0.15, 0.2) is 11.5 Å². The average molecular weight is 397 g/mol. The molecule has 4 N–H and O–H groups in total. The van der Waals surface area contributed by atoms with Crippen LogP contribution in [0.15, 0.2) is 18.2 Å². The summed E-state index contributed by atoms with van der Waals surface area (Å²) in [5.41, 5.74) is 6.62. The van der Waals surface area contributed by atoms with E-state index in [1.54, 1.807) is 14.2 Å². The first-order valence-electron chi connectivity index (χ1n) is 9.77. The van der Waals surface area contributed by atoms with Crippen LogP contribution >= 0.6 is 7.60 Å². The quantitative estimate of drug-likeness (QED) is 0.659. The molecular formula is C20H32NO5P. The maximum atomic E-state index is 11.6. The van der Waals surface area contributed by atoms with Gasteiger partial charge >= 0.3 is 7.60 Å². The summed E-state index contributed by atoms with van der Waals surface area (Å²) >= 11 is 0. The fourth-order valence-corrected chi connectivity index (χ4v) is 7.11. The Balaban J connectivity index is 0.000000157. The largest absolute Gasteiger partial charge is 0.493 e. The highest BCUT2D eigenvalue weighted by atomic mass is 31.2. The molecule has 0 unspecified atom stereocenters. The van der Waals surface area contributed by atoms with Crippen molar-refractivity contribution in [2.24, 2.45) is 23.5 Å². The zero-order valence-electron chi connectivity index (χ0n) is 16.3. The molecule has 0 aliphatic heterocycles. The summed E-state index contributed by atoms with van der Waals surface area (Å²) in [6.45, 7) is 0.648. The second-order valence-electron chi connectivity index (χ2n) is 8.41. The van der Waals surface area contributed by atoms with Crippen LogP contribution in [-0.2, 0) is 11.0 Å². The molecular weight excluding hydrogens is 365 g/mol. The molecule has 0 spiro atoms. The molecule has 0 aromatic heterocycles. The molecule has 4 aliphatic rings. The summed E-state index contributed by atoms with van der Waals surface area (Å²) < 4.78 is 21.8. The Bertz CT molecular complexity index is 666. The van der Waals surface area contributed by atoms with Gasteiger partial charge in [0.1, 0.15) is 0 Å². The third-order valence-corrected chi connectivity index (χ3v) is 8.29. The molecule has 0 atom stereocenters. The predicted octanol–water partition coefficient (Wildman–Crippen LogP) is 3.34. The monoisotopic (exact) mass is 397 g/mol. The lowest BCUT2D eigenvalue weighted by molar-refractivity contribution is 0.0228. The SMILES string of the molecule is COc1ccc(CCN)cc1OC.O=P(O)(O)C12CC3CC(CC(C3)C1)C2. The van der Waals surface area contributed by atoms with Gasteiger partial charge in [0.25, 0.3) is 0 Å². The van der Waals surface area contributed by atoms with E-state index in [-0.39, 0.29) is 0 Å².